The van der Waals surface area contributed by atoms with Crippen LogP contribution in [0.2, 0.25) is 28.2 Å². The molecule has 0 bridgehead atoms. The van der Waals surface area contributed by atoms with E-state index in [1.165, 1.54) is 0 Å². The topological polar surface area (TPSA) is 75.4 Å². The normalized spacial score (nSPS) is 20.8. The van der Waals surface area contributed by atoms with Crippen LogP contribution in [0, 0.1) is 0 Å². The van der Waals surface area contributed by atoms with Gasteiger partial charge in [-0.05, 0) is 69.1 Å². The Bertz CT molecular complexity index is 1310. The zero-order valence-corrected chi connectivity index (χ0v) is 26.9. The Labute approximate surface area is 248 Å². The van der Waals surface area contributed by atoms with Gasteiger partial charge in [-0.1, -0.05) is 44.0 Å². The predicted molar refractivity (Wildman–Crippen MR) is 165 cm³/mol. The molecular formula is C29H43Cl2N5O3Si. The molecule has 5 rings (SSSR count). The van der Waals surface area contributed by atoms with Crippen molar-refractivity contribution >= 4 is 48.1 Å². The van der Waals surface area contributed by atoms with Crippen molar-refractivity contribution in [3.63, 3.8) is 0 Å². The van der Waals surface area contributed by atoms with E-state index in [1.807, 2.05) is 27.8 Å². The summed E-state index contributed by atoms with van der Waals surface area (Å²) in [4.78, 5) is 0. The van der Waals surface area contributed by atoms with E-state index in [0.717, 1.165) is 85.9 Å². The second-order valence-corrected chi connectivity index (χ2v) is 18.1. The van der Waals surface area contributed by atoms with Crippen molar-refractivity contribution in [1.82, 2.24) is 19.6 Å². The third-order valence-electron chi connectivity index (χ3n) is 8.53. The van der Waals surface area contributed by atoms with Gasteiger partial charge < -0.3 is 19.2 Å². The van der Waals surface area contributed by atoms with E-state index < -0.39 is 8.32 Å². The largest absolute Gasteiger partial charge is 0.417 e. The maximum Gasteiger partial charge on any atom is 0.191 e. The summed E-state index contributed by atoms with van der Waals surface area (Å²) in [5.41, 5.74) is 3.41. The minimum atomic E-state index is -1.79. The number of nitrogens with zero attached hydrogens (tertiary/aromatic N) is 4. The van der Waals surface area contributed by atoms with E-state index in [2.05, 4.69) is 44.3 Å². The van der Waals surface area contributed by atoms with Gasteiger partial charge in [0.15, 0.2) is 14.5 Å². The molecule has 2 aliphatic rings. The molecule has 8 nitrogen and oxygen atoms in total. The SMILES string of the molecule is CC(C)(C)[Si](C)(C)OCCCNc1cc(Cl)c(Cl)c2c1c(-c1cnn(C3CCCCO3)c1)nn2C1CCCCO1. The molecule has 220 valence electrons. The van der Waals surface area contributed by atoms with E-state index in [9.17, 15) is 0 Å². The Morgan fingerprint density at radius 2 is 1.77 bits per heavy atom. The summed E-state index contributed by atoms with van der Waals surface area (Å²) in [6.45, 7) is 14.3. The Balaban J connectivity index is 1.47. The number of halogens is 2. The molecule has 0 amide bonds. The van der Waals surface area contributed by atoms with Crippen LogP contribution in [-0.2, 0) is 13.9 Å². The highest BCUT2D eigenvalue weighted by atomic mass is 35.5. The van der Waals surface area contributed by atoms with Crippen LogP contribution < -0.4 is 5.32 Å². The molecule has 2 atom stereocenters. The molecule has 4 heterocycles. The van der Waals surface area contributed by atoms with Crippen LogP contribution in [0.15, 0.2) is 18.5 Å². The molecule has 1 N–H and O–H groups in total. The number of hydrogen-bond acceptors (Lipinski definition) is 6. The minimum Gasteiger partial charge on any atom is -0.417 e. The van der Waals surface area contributed by atoms with E-state index in [1.54, 1.807) is 0 Å². The highest BCUT2D eigenvalue weighted by molar-refractivity contribution is 6.74. The smallest absolute Gasteiger partial charge is 0.191 e. The van der Waals surface area contributed by atoms with E-state index in [0.29, 0.717) is 23.3 Å². The van der Waals surface area contributed by atoms with Crippen LogP contribution in [0.1, 0.15) is 78.2 Å². The molecule has 2 saturated heterocycles. The third-order valence-corrected chi connectivity index (χ3v) is 13.8. The van der Waals surface area contributed by atoms with E-state index in [4.69, 9.17) is 42.2 Å². The van der Waals surface area contributed by atoms with Gasteiger partial charge in [-0.2, -0.15) is 10.2 Å². The summed E-state index contributed by atoms with van der Waals surface area (Å²) in [6, 6.07) is 1.91. The number of fused-ring (bicyclic) bond motifs is 1. The van der Waals surface area contributed by atoms with Gasteiger partial charge in [0, 0.05) is 43.8 Å². The molecule has 1 aromatic carbocycles. The lowest BCUT2D eigenvalue weighted by molar-refractivity contribution is -0.0394. The average Bonchev–Trinajstić information content (AvgIpc) is 3.57. The molecule has 40 heavy (non-hydrogen) atoms. The molecule has 0 aliphatic carbocycles. The first-order valence-corrected chi connectivity index (χ1v) is 18.3. The van der Waals surface area contributed by atoms with Gasteiger partial charge in [0.05, 0.1) is 27.1 Å². The summed E-state index contributed by atoms with van der Waals surface area (Å²) < 4.78 is 22.4. The monoisotopic (exact) mass is 607 g/mol. The van der Waals surface area contributed by atoms with E-state index in [-0.39, 0.29) is 17.5 Å². The quantitative estimate of drug-likeness (QED) is 0.194. The molecule has 2 fully saturated rings. The number of rotatable bonds is 9. The first kappa shape index (κ1) is 29.9. The van der Waals surface area contributed by atoms with E-state index >= 15 is 0 Å². The van der Waals surface area contributed by atoms with Crippen molar-refractivity contribution in [2.45, 2.75) is 96.3 Å². The fourth-order valence-corrected chi connectivity index (χ4v) is 6.65. The summed E-state index contributed by atoms with van der Waals surface area (Å²) in [6.07, 6.45) is 10.7. The minimum absolute atomic E-state index is 0.0472. The first-order valence-electron chi connectivity index (χ1n) is 14.6. The number of anilines is 1. The highest BCUT2D eigenvalue weighted by Crippen LogP contribution is 2.44. The Hall–Kier alpha value is -1.62. The fraction of sp³-hybridized carbons (Fsp3) is 0.655. The van der Waals surface area contributed by atoms with Crippen molar-refractivity contribution in [3.8, 4) is 11.3 Å². The zero-order chi connectivity index (χ0) is 28.5. The lowest BCUT2D eigenvalue weighted by Gasteiger charge is -2.36. The maximum absolute atomic E-state index is 6.89. The standard InChI is InChI=1S/C29H43Cl2N5O3Si/c1-29(2,3)40(4,5)39-16-10-13-32-22-17-21(30)26(31)28-25(22)27(34-36(28)24-12-7-9-15-38-24)20-18-33-35(19-20)23-11-6-8-14-37-23/h17-19,23-24,32H,6-16H2,1-5H3. The molecule has 0 spiro atoms. The van der Waals surface area contributed by atoms with Crippen LogP contribution in [0.5, 0.6) is 0 Å². The first-order chi connectivity index (χ1) is 19.1. The van der Waals surface area contributed by atoms with Gasteiger partial charge in [-0.3, -0.25) is 0 Å². The number of benzene rings is 1. The van der Waals surface area contributed by atoms with Crippen LogP contribution in [0.25, 0.3) is 22.2 Å². The van der Waals surface area contributed by atoms with Crippen LogP contribution in [0.4, 0.5) is 5.69 Å². The van der Waals surface area contributed by atoms with Crippen molar-refractivity contribution in [1.29, 1.82) is 0 Å². The van der Waals surface area contributed by atoms with Gasteiger partial charge in [0.2, 0.25) is 0 Å². The summed E-state index contributed by atoms with van der Waals surface area (Å²) in [5.74, 6) is 0. The molecule has 3 aromatic rings. The molecule has 2 unspecified atom stereocenters. The van der Waals surface area contributed by atoms with Crippen molar-refractivity contribution in [3.05, 3.63) is 28.5 Å². The van der Waals surface area contributed by atoms with Crippen molar-refractivity contribution < 1.29 is 13.9 Å². The number of aromatic nitrogens is 4. The molecular weight excluding hydrogens is 565 g/mol. The van der Waals surface area contributed by atoms with Crippen LogP contribution in [0.3, 0.4) is 0 Å². The number of ether oxygens (including phenoxy) is 2. The second-order valence-electron chi connectivity index (χ2n) is 12.5. The number of nitrogens with one attached hydrogen (secondary N) is 1. The van der Waals surface area contributed by atoms with Gasteiger partial charge in [0.25, 0.3) is 0 Å². The average molecular weight is 609 g/mol. The van der Waals surface area contributed by atoms with Crippen molar-refractivity contribution in [2.75, 3.05) is 31.7 Å². The zero-order valence-electron chi connectivity index (χ0n) is 24.4. The lowest BCUT2D eigenvalue weighted by atomic mass is 10.1. The molecule has 2 aliphatic heterocycles. The maximum atomic E-state index is 6.89. The number of hydrogen-bond donors (Lipinski definition) is 1. The second kappa shape index (κ2) is 12.3. The Kier molecular flexibility index (Phi) is 9.19. The predicted octanol–water partition coefficient (Wildman–Crippen LogP) is 8.43. The fourth-order valence-electron chi connectivity index (χ4n) is 5.13. The van der Waals surface area contributed by atoms with Crippen molar-refractivity contribution in [2.24, 2.45) is 0 Å². The molecule has 11 heteroatoms. The molecule has 0 radical (unpaired) electrons. The summed E-state index contributed by atoms with van der Waals surface area (Å²) in [5, 5.41) is 15.5. The molecule has 0 saturated carbocycles. The third kappa shape index (κ3) is 6.25. The highest BCUT2D eigenvalue weighted by Gasteiger charge is 2.36. The van der Waals surface area contributed by atoms with Gasteiger partial charge in [-0.25, -0.2) is 9.36 Å². The van der Waals surface area contributed by atoms with Gasteiger partial charge >= 0.3 is 0 Å². The molecule has 2 aromatic heterocycles. The summed E-state index contributed by atoms with van der Waals surface area (Å²) in [7, 11) is -1.79. The summed E-state index contributed by atoms with van der Waals surface area (Å²) >= 11 is 13.6. The van der Waals surface area contributed by atoms with Crippen LogP contribution in [-0.4, -0.2) is 54.2 Å². The van der Waals surface area contributed by atoms with Gasteiger partial charge in [-0.15, -0.1) is 0 Å². The van der Waals surface area contributed by atoms with Gasteiger partial charge in [0.1, 0.15) is 11.9 Å². The lowest BCUT2D eigenvalue weighted by Crippen LogP contribution is -2.41. The Morgan fingerprint density at radius 3 is 2.42 bits per heavy atom. The van der Waals surface area contributed by atoms with Crippen LogP contribution >= 0.6 is 23.2 Å². The Morgan fingerprint density at radius 1 is 1.07 bits per heavy atom.